The molecule has 0 radical (unpaired) electrons. The molecular weight excluding hydrogens is 260 g/mol. The van der Waals surface area contributed by atoms with Crippen molar-refractivity contribution in [2.24, 2.45) is 0 Å². The van der Waals surface area contributed by atoms with E-state index in [0.29, 0.717) is 0 Å². The molecule has 0 fully saturated rings. The molecule has 3 aromatic rings. The van der Waals surface area contributed by atoms with E-state index in [-0.39, 0.29) is 0 Å². The Labute approximate surface area is 125 Å². The highest BCUT2D eigenvalue weighted by Gasteiger charge is 2.12. The summed E-state index contributed by atoms with van der Waals surface area (Å²) in [6, 6.07) is 8.51. The van der Waals surface area contributed by atoms with Crippen LogP contribution in [0, 0.1) is 6.92 Å². The van der Waals surface area contributed by atoms with E-state index in [1.807, 2.05) is 6.20 Å². The Morgan fingerprint density at radius 3 is 2.76 bits per heavy atom. The molecule has 0 saturated heterocycles. The first-order chi connectivity index (χ1) is 10.3. The van der Waals surface area contributed by atoms with Crippen molar-refractivity contribution in [1.82, 2.24) is 9.55 Å². The molecule has 1 aromatic carbocycles. The first-order valence-electron chi connectivity index (χ1n) is 7.76. The maximum Gasteiger partial charge on any atom is 0.121 e. The molecule has 3 rings (SSSR count). The molecule has 0 aliphatic rings. The van der Waals surface area contributed by atoms with Gasteiger partial charge in [-0.1, -0.05) is 13.3 Å². The van der Waals surface area contributed by atoms with E-state index in [2.05, 4.69) is 54.6 Å². The maximum absolute atomic E-state index is 5.85. The number of pyridine rings is 1. The van der Waals surface area contributed by atoms with Crippen LogP contribution in [0.3, 0.4) is 0 Å². The Hall–Kier alpha value is -2.03. The zero-order chi connectivity index (χ0) is 14.8. The highest BCUT2D eigenvalue weighted by atomic mass is 16.5. The molecule has 2 aromatic heterocycles. The van der Waals surface area contributed by atoms with Gasteiger partial charge in [-0.3, -0.25) is 4.98 Å². The van der Waals surface area contributed by atoms with Crippen LogP contribution in [0.5, 0.6) is 5.75 Å². The fraction of sp³-hybridized carbons (Fsp3) is 0.389. The second-order valence-electron chi connectivity index (χ2n) is 5.42. The van der Waals surface area contributed by atoms with Crippen molar-refractivity contribution in [3.05, 3.63) is 36.2 Å². The van der Waals surface area contributed by atoms with E-state index in [1.165, 1.54) is 21.8 Å². The van der Waals surface area contributed by atoms with Crippen LogP contribution in [0.25, 0.3) is 21.8 Å². The molecule has 0 aliphatic heterocycles. The summed E-state index contributed by atoms with van der Waals surface area (Å²) in [5, 5.41) is 2.56. The van der Waals surface area contributed by atoms with E-state index < -0.39 is 0 Å². The third-order valence-corrected chi connectivity index (χ3v) is 4.01. The molecule has 0 atom stereocenters. The molecular formula is C18H22N2O. The Balaban J connectivity index is 2.16. The molecule has 3 heteroatoms. The summed E-state index contributed by atoms with van der Waals surface area (Å²) in [7, 11) is 0. The van der Waals surface area contributed by atoms with Crippen LogP contribution >= 0.6 is 0 Å². The van der Waals surface area contributed by atoms with Gasteiger partial charge in [0.15, 0.2) is 0 Å². The molecule has 3 nitrogen and oxygen atoms in total. The lowest BCUT2D eigenvalue weighted by Gasteiger charge is -2.07. The number of aromatic nitrogens is 2. The SMILES string of the molecule is CCCCOc1ccc2c3ccnc(C)c3n(CC)c2c1. The largest absolute Gasteiger partial charge is 0.494 e. The summed E-state index contributed by atoms with van der Waals surface area (Å²) in [5.74, 6) is 0.957. The molecule has 0 unspecified atom stereocenters. The molecule has 0 spiro atoms. The van der Waals surface area contributed by atoms with Gasteiger partial charge >= 0.3 is 0 Å². The van der Waals surface area contributed by atoms with Gasteiger partial charge in [-0.25, -0.2) is 0 Å². The molecule has 0 aliphatic carbocycles. The lowest BCUT2D eigenvalue weighted by atomic mass is 10.1. The van der Waals surface area contributed by atoms with E-state index in [9.17, 15) is 0 Å². The average molecular weight is 282 g/mol. The van der Waals surface area contributed by atoms with Gasteiger partial charge < -0.3 is 9.30 Å². The number of unbranched alkanes of at least 4 members (excludes halogenated alkanes) is 1. The van der Waals surface area contributed by atoms with E-state index in [4.69, 9.17) is 4.74 Å². The van der Waals surface area contributed by atoms with Crippen LogP contribution < -0.4 is 4.74 Å². The van der Waals surface area contributed by atoms with Crippen LogP contribution in [0.4, 0.5) is 0 Å². The van der Waals surface area contributed by atoms with Crippen molar-refractivity contribution in [1.29, 1.82) is 0 Å². The Morgan fingerprint density at radius 1 is 1.14 bits per heavy atom. The first kappa shape index (κ1) is 13.9. The average Bonchev–Trinajstić information content (AvgIpc) is 2.82. The third kappa shape index (κ3) is 2.37. The number of ether oxygens (including phenoxy) is 1. The summed E-state index contributed by atoms with van der Waals surface area (Å²) in [6.07, 6.45) is 4.14. The highest BCUT2D eigenvalue weighted by molar-refractivity contribution is 6.08. The number of fused-ring (bicyclic) bond motifs is 3. The molecule has 0 N–H and O–H groups in total. The Kier molecular flexibility index (Phi) is 3.82. The molecule has 0 saturated carbocycles. The van der Waals surface area contributed by atoms with Gasteiger partial charge in [0.2, 0.25) is 0 Å². The second-order valence-corrected chi connectivity index (χ2v) is 5.42. The smallest absolute Gasteiger partial charge is 0.121 e. The quantitative estimate of drug-likeness (QED) is 0.634. The predicted octanol–water partition coefficient (Wildman–Crippen LogP) is 4.70. The molecule has 2 heterocycles. The van der Waals surface area contributed by atoms with Gasteiger partial charge in [0.05, 0.1) is 23.3 Å². The number of hydrogen-bond donors (Lipinski definition) is 0. The lowest BCUT2D eigenvalue weighted by molar-refractivity contribution is 0.309. The first-order valence-corrected chi connectivity index (χ1v) is 7.76. The minimum atomic E-state index is 0.787. The molecule has 0 amide bonds. The number of aryl methyl sites for hydroxylation is 2. The lowest BCUT2D eigenvalue weighted by Crippen LogP contribution is -1.98. The van der Waals surface area contributed by atoms with Crippen molar-refractivity contribution >= 4 is 21.8 Å². The monoisotopic (exact) mass is 282 g/mol. The summed E-state index contributed by atoms with van der Waals surface area (Å²) in [4.78, 5) is 4.44. The van der Waals surface area contributed by atoms with Gasteiger partial charge in [-0.15, -0.1) is 0 Å². The summed E-state index contributed by atoms with van der Waals surface area (Å²) in [6.45, 7) is 8.15. The number of hydrogen-bond acceptors (Lipinski definition) is 2. The van der Waals surface area contributed by atoms with Crippen LogP contribution in [0.2, 0.25) is 0 Å². The van der Waals surface area contributed by atoms with Gasteiger partial charge in [-0.05, 0) is 38.5 Å². The summed E-state index contributed by atoms with van der Waals surface area (Å²) in [5.41, 5.74) is 3.55. The Bertz CT molecular complexity index is 774. The number of rotatable bonds is 5. The minimum Gasteiger partial charge on any atom is -0.494 e. The Morgan fingerprint density at radius 2 is 2.00 bits per heavy atom. The van der Waals surface area contributed by atoms with Gasteiger partial charge in [0, 0.05) is 29.6 Å². The fourth-order valence-corrected chi connectivity index (χ4v) is 2.95. The van der Waals surface area contributed by atoms with E-state index in [0.717, 1.165) is 37.4 Å². The van der Waals surface area contributed by atoms with Crippen LogP contribution in [-0.4, -0.2) is 16.2 Å². The minimum absolute atomic E-state index is 0.787. The van der Waals surface area contributed by atoms with Gasteiger partial charge in [0.25, 0.3) is 0 Å². The zero-order valence-electron chi connectivity index (χ0n) is 13.0. The van der Waals surface area contributed by atoms with Crippen molar-refractivity contribution in [3.8, 4) is 5.75 Å². The van der Waals surface area contributed by atoms with Crippen LogP contribution in [-0.2, 0) is 6.54 Å². The zero-order valence-corrected chi connectivity index (χ0v) is 13.0. The van der Waals surface area contributed by atoms with Crippen molar-refractivity contribution in [3.63, 3.8) is 0 Å². The number of nitrogens with zero attached hydrogens (tertiary/aromatic N) is 2. The van der Waals surface area contributed by atoms with Crippen molar-refractivity contribution < 1.29 is 4.74 Å². The topological polar surface area (TPSA) is 27.1 Å². The predicted molar refractivity (Wildman–Crippen MR) is 88.1 cm³/mol. The van der Waals surface area contributed by atoms with Crippen molar-refractivity contribution in [2.75, 3.05) is 6.61 Å². The van der Waals surface area contributed by atoms with E-state index >= 15 is 0 Å². The maximum atomic E-state index is 5.85. The summed E-state index contributed by atoms with van der Waals surface area (Å²) < 4.78 is 8.18. The standard InChI is InChI=1S/C18H22N2O/c1-4-6-11-21-14-7-8-15-16-9-10-19-13(3)18(16)20(5-2)17(15)12-14/h7-10,12H,4-6,11H2,1-3H3. The third-order valence-electron chi connectivity index (χ3n) is 4.01. The highest BCUT2D eigenvalue weighted by Crippen LogP contribution is 2.32. The normalized spacial score (nSPS) is 11.4. The number of benzene rings is 1. The molecule has 21 heavy (non-hydrogen) atoms. The van der Waals surface area contributed by atoms with Crippen molar-refractivity contribution in [2.45, 2.75) is 40.2 Å². The summed E-state index contributed by atoms with van der Waals surface area (Å²) >= 11 is 0. The molecule has 110 valence electrons. The van der Waals surface area contributed by atoms with Crippen LogP contribution in [0.1, 0.15) is 32.4 Å². The van der Waals surface area contributed by atoms with Gasteiger partial charge in [0.1, 0.15) is 5.75 Å². The molecule has 0 bridgehead atoms. The fourth-order valence-electron chi connectivity index (χ4n) is 2.95. The second kappa shape index (κ2) is 5.76. The van der Waals surface area contributed by atoms with E-state index in [1.54, 1.807) is 0 Å². The van der Waals surface area contributed by atoms with Crippen LogP contribution in [0.15, 0.2) is 30.5 Å². The van der Waals surface area contributed by atoms with Gasteiger partial charge in [-0.2, -0.15) is 0 Å².